The minimum atomic E-state index is -1.17. The Morgan fingerprint density at radius 3 is 2.32 bits per heavy atom. The quantitative estimate of drug-likeness (QED) is 0.500. The number of carboxylic acid groups (broad SMARTS) is 1. The van der Waals surface area contributed by atoms with Crippen LogP contribution in [0.3, 0.4) is 0 Å². The molecule has 1 heterocycles. The molecule has 3 rings (SSSR count). The summed E-state index contributed by atoms with van der Waals surface area (Å²) in [4.78, 5) is 38.9. The predicted octanol–water partition coefficient (Wildman–Crippen LogP) is 1.07. The summed E-state index contributed by atoms with van der Waals surface area (Å²) in [5.41, 5.74) is 7.71. The van der Waals surface area contributed by atoms with E-state index in [0.717, 1.165) is 5.56 Å². The van der Waals surface area contributed by atoms with E-state index >= 15 is 0 Å². The highest BCUT2D eigenvalue weighted by atomic mass is 16.4. The number of phenols is 1. The monoisotopic (exact) mass is 425 g/mol. The molecule has 0 bridgehead atoms. The molecule has 31 heavy (non-hydrogen) atoms. The van der Waals surface area contributed by atoms with Crippen LogP contribution in [0.5, 0.6) is 5.75 Å². The second-order valence-electron chi connectivity index (χ2n) is 7.76. The van der Waals surface area contributed by atoms with Crippen molar-refractivity contribution < 1.29 is 24.6 Å². The summed E-state index contributed by atoms with van der Waals surface area (Å²) < 4.78 is 0. The molecule has 8 nitrogen and oxygen atoms in total. The average molecular weight is 425 g/mol. The van der Waals surface area contributed by atoms with Gasteiger partial charge in [0.1, 0.15) is 17.8 Å². The lowest BCUT2D eigenvalue weighted by molar-refractivity contribution is -0.144. The number of rotatable bonds is 8. The molecular formula is C23H27N3O5. The number of amides is 2. The number of phenolic OH excluding ortho intramolecular Hbond substituents is 1. The highest BCUT2D eigenvalue weighted by molar-refractivity contribution is 5.92. The maximum Gasteiger partial charge on any atom is 0.326 e. The summed E-state index contributed by atoms with van der Waals surface area (Å²) in [7, 11) is 0. The molecule has 1 aliphatic heterocycles. The minimum absolute atomic E-state index is 0.0650. The zero-order valence-corrected chi connectivity index (χ0v) is 17.1. The number of nitrogens with two attached hydrogens (primary N) is 1. The number of aliphatic carboxylic acids is 1. The Hall–Kier alpha value is -3.39. The van der Waals surface area contributed by atoms with E-state index in [4.69, 9.17) is 5.73 Å². The first kappa shape index (κ1) is 22.3. The molecule has 0 aromatic heterocycles. The van der Waals surface area contributed by atoms with Crippen molar-refractivity contribution in [2.75, 3.05) is 6.54 Å². The van der Waals surface area contributed by atoms with E-state index in [1.54, 1.807) is 12.1 Å². The second kappa shape index (κ2) is 10.1. The Kier molecular flexibility index (Phi) is 7.25. The van der Waals surface area contributed by atoms with E-state index in [1.165, 1.54) is 17.0 Å². The molecule has 2 aromatic carbocycles. The van der Waals surface area contributed by atoms with Gasteiger partial charge in [-0.1, -0.05) is 42.5 Å². The summed E-state index contributed by atoms with van der Waals surface area (Å²) in [5, 5.41) is 21.5. The Morgan fingerprint density at radius 2 is 1.68 bits per heavy atom. The number of carbonyl (C=O) groups is 3. The van der Waals surface area contributed by atoms with Gasteiger partial charge in [-0.15, -0.1) is 0 Å². The maximum atomic E-state index is 12.9. The smallest absolute Gasteiger partial charge is 0.326 e. The fourth-order valence-corrected chi connectivity index (χ4v) is 3.81. The van der Waals surface area contributed by atoms with Crippen LogP contribution in [0.2, 0.25) is 0 Å². The third-order valence-electron chi connectivity index (χ3n) is 5.44. The lowest BCUT2D eigenvalue weighted by Gasteiger charge is -2.28. The van der Waals surface area contributed by atoms with Crippen molar-refractivity contribution >= 4 is 17.8 Å². The summed E-state index contributed by atoms with van der Waals surface area (Å²) >= 11 is 0. The molecule has 2 amide bonds. The number of likely N-dealkylation sites (tertiary alicyclic amines) is 1. The fraction of sp³-hybridized carbons (Fsp3) is 0.348. The third-order valence-corrected chi connectivity index (χ3v) is 5.44. The number of nitrogens with one attached hydrogen (secondary N) is 1. The molecular weight excluding hydrogens is 398 g/mol. The standard InChI is InChI=1S/C23H27N3O5/c24-18(13-15-5-2-1-3-6-15)22(29)26-12-4-7-20(26)21(28)25-19(23(30)31)14-16-8-10-17(27)11-9-16/h1-3,5-6,8-11,18-20,27H,4,7,12-14,24H2,(H,25,28)(H,30,31). The van der Waals surface area contributed by atoms with Gasteiger partial charge in [0.25, 0.3) is 0 Å². The zero-order valence-electron chi connectivity index (χ0n) is 17.1. The summed E-state index contributed by atoms with van der Waals surface area (Å²) in [6.07, 6.45) is 1.54. The van der Waals surface area contributed by atoms with E-state index in [-0.39, 0.29) is 18.1 Å². The number of aromatic hydroxyl groups is 1. The first-order chi connectivity index (χ1) is 14.8. The Labute approximate surface area is 180 Å². The van der Waals surface area contributed by atoms with Crippen LogP contribution in [0, 0.1) is 0 Å². The highest BCUT2D eigenvalue weighted by Gasteiger charge is 2.37. The summed E-state index contributed by atoms with van der Waals surface area (Å²) in [6.45, 7) is 0.412. The van der Waals surface area contributed by atoms with Crippen molar-refractivity contribution in [3.8, 4) is 5.75 Å². The fourth-order valence-electron chi connectivity index (χ4n) is 3.81. The van der Waals surface area contributed by atoms with Crippen LogP contribution < -0.4 is 11.1 Å². The van der Waals surface area contributed by atoms with Gasteiger partial charge < -0.3 is 26.2 Å². The van der Waals surface area contributed by atoms with Gasteiger partial charge in [0.05, 0.1) is 6.04 Å². The summed E-state index contributed by atoms with van der Waals surface area (Å²) in [6, 6.07) is 12.9. The van der Waals surface area contributed by atoms with Crippen LogP contribution in [0.25, 0.3) is 0 Å². The van der Waals surface area contributed by atoms with E-state index < -0.39 is 30.0 Å². The third kappa shape index (κ3) is 5.82. The van der Waals surface area contributed by atoms with Gasteiger partial charge in [-0.3, -0.25) is 9.59 Å². The molecule has 8 heteroatoms. The molecule has 164 valence electrons. The first-order valence-corrected chi connectivity index (χ1v) is 10.3. The van der Waals surface area contributed by atoms with Crippen molar-refractivity contribution in [3.05, 3.63) is 65.7 Å². The van der Waals surface area contributed by atoms with Gasteiger partial charge in [0, 0.05) is 13.0 Å². The molecule has 1 fully saturated rings. The van der Waals surface area contributed by atoms with Crippen LogP contribution in [0.4, 0.5) is 0 Å². The Bertz CT molecular complexity index is 917. The van der Waals surface area contributed by atoms with Crippen molar-refractivity contribution in [3.63, 3.8) is 0 Å². The second-order valence-corrected chi connectivity index (χ2v) is 7.76. The molecule has 5 N–H and O–H groups in total. The van der Waals surface area contributed by atoms with Crippen molar-refractivity contribution in [2.24, 2.45) is 5.73 Å². The van der Waals surface area contributed by atoms with E-state index in [1.807, 2.05) is 30.3 Å². The van der Waals surface area contributed by atoms with Gasteiger partial charge in [0.15, 0.2) is 0 Å². The van der Waals surface area contributed by atoms with Gasteiger partial charge in [-0.25, -0.2) is 4.79 Å². The number of benzene rings is 2. The number of hydrogen-bond donors (Lipinski definition) is 4. The topological polar surface area (TPSA) is 133 Å². The van der Waals surface area contributed by atoms with E-state index in [0.29, 0.717) is 31.4 Å². The van der Waals surface area contributed by atoms with Gasteiger partial charge in [-0.05, 0) is 42.5 Å². The largest absolute Gasteiger partial charge is 0.508 e. The minimum Gasteiger partial charge on any atom is -0.508 e. The average Bonchev–Trinajstić information content (AvgIpc) is 3.24. The normalized spacial score (nSPS) is 17.7. The molecule has 0 radical (unpaired) electrons. The molecule has 3 unspecified atom stereocenters. The zero-order chi connectivity index (χ0) is 22.4. The maximum absolute atomic E-state index is 12.9. The van der Waals surface area contributed by atoms with Crippen LogP contribution in [0.1, 0.15) is 24.0 Å². The number of carbonyl (C=O) groups excluding carboxylic acids is 2. The molecule has 3 atom stereocenters. The summed E-state index contributed by atoms with van der Waals surface area (Å²) in [5.74, 6) is -1.90. The van der Waals surface area contributed by atoms with Crippen molar-refractivity contribution in [2.45, 2.75) is 43.8 Å². The predicted molar refractivity (Wildman–Crippen MR) is 114 cm³/mol. The molecule has 2 aromatic rings. The van der Waals surface area contributed by atoms with Crippen LogP contribution >= 0.6 is 0 Å². The first-order valence-electron chi connectivity index (χ1n) is 10.3. The highest BCUT2D eigenvalue weighted by Crippen LogP contribution is 2.20. The van der Waals surface area contributed by atoms with Gasteiger partial charge in [0.2, 0.25) is 11.8 Å². The SMILES string of the molecule is NC(Cc1ccccc1)C(=O)N1CCCC1C(=O)NC(Cc1ccc(O)cc1)C(=O)O. The molecule has 1 saturated heterocycles. The van der Waals surface area contributed by atoms with Crippen LogP contribution in [0.15, 0.2) is 54.6 Å². The number of nitrogens with zero attached hydrogens (tertiary/aromatic N) is 1. The van der Waals surface area contributed by atoms with Crippen LogP contribution in [-0.2, 0) is 27.2 Å². The molecule has 0 saturated carbocycles. The van der Waals surface area contributed by atoms with E-state index in [2.05, 4.69) is 5.32 Å². The lowest BCUT2D eigenvalue weighted by atomic mass is 10.0. The van der Waals surface area contributed by atoms with Crippen molar-refractivity contribution in [1.29, 1.82) is 0 Å². The Morgan fingerprint density at radius 1 is 1.03 bits per heavy atom. The molecule has 0 aliphatic carbocycles. The molecule has 0 spiro atoms. The van der Waals surface area contributed by atoms with Crippen molar-refractivity contribution in [1.82, 2.24) is 10.2 Å². The van der Waals surface area contributed by atoms with Gasteiger partial charge >= 0.3 is 5.97 Å². The molecule has 1 aliphatic rings. The number of carboxylic acids is 1. The Balaban J connectivity index is 1.64. The lowest BCUT2D eigenvalue weighted by Crippen LogP contribution is -2.54. The van der Waals surface area contributed by atoms with Gasteiger partial charge in [-0.2, -0.15) is 0 Å². The van der Waals surface area contributed by atoms with E-state index in [9.17, 15) is 24.6 Å². The number of hydrogen-bond acceptors (Lipinski definition) is 5. The van der Waals surface area contributed by atoms with Crippen LogP contribution in [-0.4, -0.2) is 57.6 Å².